The minimum atomic E-state index is -0.651. The molecule has 2 amide bonds. The van der Waals surface area contributed by atoms with Crippen molar-refractivity contribution < 1.29 is 14.0 Å². The van der Waals surface area contributed by atoms with Crippen LogP contribution in [0.4, 0.5) is 15.8 Å². The molecular weight excluding hydrogens is 327 g/mol. The van der Waals surface area contributed by atoms with Crippen LogP contribution in [0.5, 0.6) is 0 Å². The minimum absolute atomic E-state index is 0.0859. The van der Waals surface area contributed by atoms with E-state index in [1.54, 1.807) is 6.07 Å². The summed E-state index contributed by atoms with van der Waals surface area (Å²) in [5, 5.41) is 0. The number of nitrogen functional groups attached to an aromatic ring is 1. The number of rotatable bonds is 1. The van der Waals surface area contributed by atoms with E-state index in [4.69, 9.17) is 5.73 Å². The number of amides is 2. The number of carbonyl (C=O) groups excluding carboxylic acids is 2. The average Bonchev–Trinajstić information content (AvgIpc) is 2.63. The van der Waals surface area contributed by atoms with Crippen molar-refractivity contribution in [3.63, 3.8) is 0 Å². The predicted octanol–water partition coefficient (Wildman–Crippen LogP) is 2.97. The van der Waals surface area contributed by atoms with E-state index >= 15 is 0 Å². The van der Waals surface area contributed by atoms with E-state index in [9.17, 15) is 14.0 Å². The second-order valence-corrected chi connectivity index (χ2v) is 5.18. The van der Waals surface area contributed by atoms with E-state index in [2.05, 4.69) is 15.9 Å². The molecule has 3 rings (SSSR count). The van der Waals surface area contributed by atoms with Crippen molar-refractivity contribution >= 4 is 39.1 Å². The number of fused-ring (bicyclic) bond motifs is 1. The van der Waals surface area contributed by atoms with Gasteiger partial charge in [-0.1, -0.05) is 6.07 Å². The van der Waals surface area contributed by atoms with Crippen LogP contribution >= 0.6 is 15.9 Å². The molecule has 0 fully saturated rings. The molecule has 0 aliphatic carbocycles. The normalized spacial score (nSPS) is 13.8. The smallest absolute Gasteiger partial charge is 0.266 e. The maximum atomic E-state index is 14.0. The Morgan fingerprint density at radius 1 is 1.05 bits per heavy atom. The largest absolute Gasteiger partial charge is 0.399 e. The summed E-state index contributed by atoms with van der Waals surface area (Å²) in [6.45, 7) is 0. The molecule has 0 aromatic heterocycles. The molecule has 20 heavy (non-hydrogen) atoms. The molecule has 2 N–H and O–H groups in total. The molecule has 1 aliphatic heterocycles. The molecule has 0 atom stereocenters. The first-order chi connectivity index (χ1) is 9.50. The van der Waals surface area contributed by atoms with Crippen LogP contribution in [0, 0.1) is 5.82 Å². The van der Waals surface area contributed by atoms with E-state index in [0.29, 0.717) is 10.2 Å². The van der Waals surface area contributed by atoms with E-state index in [1.165, 1.54) is 30.3 Å². The van der Waals surface area contributed by atoms with Crippen molar-refractivity contribution in [2.24, 2.45) is 0 Å². The van der Waals surface area contributed by atoms with Gasteiger partial charge in [-0.2, -0.15) is 0 Å². The van der Waals surface area contributed by atoms with Gasteiger partial charge in [0.15, 0.2) is 0 Å². The number of nitrogens with two attached hydrogens (primary N) is 1. The van der Waals surface area contributed by atoms with Gasteiger partial charge in [0.1, 0.15) is 11.5 Å². The topological polar surface area (TPSA) is 63.4 Å². The first-order valence-corrected chi connectivity index (χ1v) is 6.52. The molecule has 0 bridgehead atoms. The summed E-state index contributed by atoms with van der Waals surface area (Å²) >= 11 is 3.16. The van der Waals surface area contributed by atoms with Gasteiger partial charge in [0.25, 0.3) is 11.8 Å². The highest BCUT2D eigenvalue weighted by molar-refractivity contribution is 9.10. The molecule has 2 aromatic carbocycles. The molecule has 2 aromatic rings. The highest BCUT2D eigenvalue weighted by atomic mass is 79.9. The fourth-order valence-electron chi connectivity index (χ4n) is 2.16. The van der Waals surface area contributed by atoms with E-state index in [1.807, 2.05) is 0 Å². The van der Waals surface area contributed by atoms with Crippen molar-refractivity contribution in [2.45, 2.75) is 0 Å². The van der Waals surface area contributed by atoms with Crippen LogP contribution in [0.25, 0.3) is 0 Å². The van der Waals surface area contributed by atoms with Crippen LogP contribution in [-0.4, -0.2) is 11.8 Å². The summed E-state index contributed by atoms with van der Waals surface area (Å²) in [4.78, 5) is 25.4. The van der Waals surface area contributed by atoms with Crippen LogP contribution in [0.2, 0.25) is 0 Å². The molecule has 0 saturated heterocycles. The first kappa shape index (κ1) is 12.8. The highest BCUT2D eigenvalue weighted by Gasteiger charge is 2.38. The first-order valence-electron chi connectivity index (χ1n) is 5.73. The Kier molecular flexibility index (Phi) is 2.83. The maximum Gasteiger partial charge on any atom is 0.266 e. The fourth-order valence-corrected chi connectivity index (χ4v) is 2.68. The second-order valence-electron chi connectivity index (χ2n) is 4.32. The molecule has 0 spiro atoms. The van der Waals surface area contributed by atoms with Gasteiger partial charge in [-0.05, 0) is 46.3 Å². The SMILES string of the molecule is Nc1ccc2c(c1)C(=O)N(c1c(F)cccc1Br)C2=O. The predicted molar refractivity (Wildman–Crippen MR) is 76.1 cm³/mol. The lowest BCUT2D eigenvalue weighted by Gasteiger charge is -2.16. The zero-order chi connectivity index (χ0) is 14.4. The summed E-state index contributed by atoms with van der Waals surface area (Å²) in [5.41, 5.74) is 6.31. The van der Waals surface area contributed by atoms with Crippen molar-refractivity contribution in [2.75, 3.05) is 10.6 Å². The van der Waals surface area contributed by atoms with Gasteiger partial charge >= 0.3 is 0 Å². The number of imide groups is 1. The second kappa shape index (κ2) is 4.42. The van der Waals surface area contributed by atoms with Crippen LogP contribution < -0.4 is 10.6 Å². The number of anilines is 2. The van der Waals surface area contributed by atoms with Crippen molar-refractivity contribution in [1.29, 1.82) is 0 Å². The lowest BCUT2D eigenvalue weighted by Crippen LogP contribution is -2.30. The lowest BCUT2D eigenvalue weighted by molar-refractivity contribution is 0.0924. The van der Waals surface area contributed by atoms with Crippen molar-refractivity contribution in [3.8, 4) is 0 Å². The molecule has 0 unspecified atom stereocenters. The molecule has 1 aliphatic rings. The average molecular weight is 335 g/mol. The summed E-state index contributed by atoms with van der Waals surface area (Å²) in [6, 6.07) is 8.67. The van der Waals surface area contributed by atoms with Gasteiger partial charge in [0.05, 0.1) is 11.1 Å². The van der Waals surface area contributed by atoms with Crippen LogP contribution in [0.1, 0.15) is 20.7 Å². The number of halogens is 2. The van der Waals surface area contributed by atoms with Gasteiger partial charge in [-0.25, -0.2) is 9.29 Å². The highest BCUT2D eigenvalue weighted by Crippen LogP contribution is 2.35. The summed E-state index contributed by atoms with van der Waals surface area (Å²) in [5.74, 6) is -1.79. The van der Waals surface area contributed by atoms with Crippen molar-refractivity contribution in [3.05, 3.63) is 57.8 Å². The number of benzene rings is 2. The summed E-state index contributed by atoms with van der Waals surface area (Å²) in [6.07, 6.45) is 0. The third kappa shape index (κ3) is 1.72. The van der Waals surface area contributed by atoms with Gasteiger partial charge in [-0.3, -0.25) is 9.59 Å². The Morgan fingerprint density at radius 3 is 2.45 bits per heavy atom. The fraction of sp³-hybridized carbons (Fsp3) is 0. The van der Waals surface area contributed by atoms with E-state index < -0.39 is 17.6 Å². The Labute approximate surface area is 122 Å². The zero-order valence-corrected chi connectivity index (χ0v) is 11.6. The Morgan fingerprint density at radius 2 is 1.75 bits per heavy atom. The maximum absolute atomic E-state index is 14.0. The third-order valence-electron chi connectivity index (χ3n) is 3.07. The molecule has 100 valence electrons. The molecule has 0 radical (unpaired) electrons. The molecule has 0 saturated carbocycles. The number of carbonyl (C=O) groups is 2. The summed E-state index contributed by atoms with van der Waals surface area (Å²) in [7, 11) is 0. The molecule has 6 heteroatoms. The number of hydrogen-bond donors (Lipinski definition) is 1. The number of para-hydroxylation sites is 1. The molecule has 4 nitrogen and oxygen atoms in total. The summed E-state index contributed by atoms with van der Waals surface area (Å²) < 4.78 is 14.3. The van der Waals surface area contributed by atoms with Crippen LogP contribution in [0.15, 0.2) is 40.9 Å². The standard InChI is InChI=1S/C14H8BrFN2O2/c15-10-2-1-3-11(16)12(10)18-13(19)8-5-4-7(17)6-9(8)14(18)20/h1-6H,17H2. The molecular formula is C14H8BrFN2O2. The van der Waals surface area contributed by atoms with Crippen LogP contribution in [0.3, 0.4) is 0 Å². The zero-order valence-electron chi connectivity index (χ0n) is 10.1. The third-order valence-corrected chi connectivity index (χ3v) is 3.71. The van der Waals surface area contributed by atoms with E-state index in [-0.39, 0.29) is 16.8 Å². The van der Waals surface area contributed by atoms with Crippen LogP contribution in [-0.2, 0) is 0 Å². The van der Waals surface area contributed by atoms with E-state index in [0.717, 1.165) is 4.90 Å². The number of nitrogens with zero attached hydrogens (tertiary/aromatic N) is 1. The number of hydrogen-bond acceptors (Lipinski definition) is 3. The van der Waals surface area contributed by atoms with Gasteiger partial charge < -0.3 is 5.73 Å². The van der Waals surface area contributed by atoms with Gasteiger partial charge in [0.2, 0.25) is 0 Å². The monoisotopic (exact) mass is 334 g/mol. The Balaban J connectivity index is 2.20. The van der Waals surface area contributed by atoms with Crippen molar-refractivity contribution in [1.82, 2.24) is 0 Å². The van der Waals surface area contributed by atoms with Gasteiger partial charge in [-0.15, -0.1) is 0 Å². The minimum Gasteiger partial charge on any atom is -0.399 e. The van der Waals surface area contributed by atoms with Gasteiger partial charge in [0, 0.05) is 10.2 Å². The lowest BCUT2D eigenvalue weighted by atomic mass is 10.1. The Bertz CT molecular complexity index is 741. The Hall–Kier alpha value is -2.21. The molecule has 1 heterocycles. The quantitative estimate of drug-likeness (QED) is 0.644.